The van der Waals surface area contributed by atoms with Gasteiger partial charge in [0.2, 0.25) is 0 Å². The number of ketones is 2. The SMILES string of the molecule is COc1ccc2c(c1)CCC(Cc1cc[n+](Cc3ccc(Cl)cc3)cc1C(C)=O)C2=O.[Br-]. The summed E-state index contributed by atoms with van der Waals surface area (Å²) in [5.74, 6) is 0.813. The molecule has 1 heterocycles. The molecule has 2 aromatic carbocycles. The molecule has 0 saturated heterocycles. The van der Waals surface area contributed by atoms with Crippen molar-refractivity contribution >= 4 is 23.2 Å². The summed E-state index contributed by atoms with van der Waals surface area (Å²) in [6, 6.07) is 15.3. The Hall–Kier alpha value is -2.50. The maximum absolute atomic E-state index is 13.1. The summed E-state index contributed by atoms with van der Waals surface area (Å²) in [7, 11) is 1.63. The fraction of sp³-hybridized carbons (Fsp3) is 0.269. The lowest BCUT2D eigenvalue weighted by Gasteiger charge is -2.24. The lowest BCUT2D eigenvalue weighted by Crippen LogP contribution is -3.00. The highest BCUT2D eigenvalue weighted by Gasteiger charge is 2.29. The Morgan fingerprint density at radius 1 is 1.16 bits per heavy atom. The molecule has 0 radical (unpaired) electrons. The quantitative estimate of drug-likeness (QED) is 0.373. The molecular formula is C26H25BrClNO3. The van der Waals surface area contributed by atoms with Crippen molar-refractivity contribution in [2.75, 3.05) is 7.11 Å². The van der Waals surface area contributed by atoms with Crippen molar-refractivity contribution in [3.8, 4) is 5.75 Å². The predicted molar refractivity (Wildman–Crippen MR) is 120 cm³/mol. The van der Waals surface area contributed by atoms with E-state index in [1.807, 2.05) is 65.5 Å². The first kappa shape index (κ1) is 24.1. The number of hydrogen-bond donors (Lipinski definition) is 0. The molecule has 32 heavy (non-hydrogen) atoms. The van der Waals surface area contributed by atoms with Crippen LogP contribution in [0.25, 0.3) is 0 Å². The second-order valence-electron chi connectivity index (χ2n) is 8.07. The van der Waals surface area contributed by atoms with Crippen LogP contribution in [0.1, 0.15) is 50.8 Å². The average molecular weight is 515 g/mol. The Labute approximate surface area is 204 Å². The van der Waals surface area contributed by atoms with E-state index in [1.165, 1.54) is 0 Å². The molecular weight excluding hydrogens is 490 g/mol. The van der Waals surface area contributed by atoms with E-state index in [-0.39, 0.29) is 34.5 Å². The van der Waals surface area contributed by atoms with Crippen molar-refractivity contribution in [1.82, 2.24) is 0 Å². The van der Waals surface area contributed by atoms with Crippen LogP contribution in [0.5, 0.6) is 5.75 Å². The molecule has 0 amide bonds. The number of Topliss-reactive ketones (excluding diaryl/α,β-unsaturated/α-hetero) is 2. The van der Waals surface area contributed by atoms with Gasteiger partial charge in [-0.1, -0.05) is 23.7 Å². The molecule has 1 aliphatic carbocycles. The van der Waals surface area contributed by atoms with Gasteiger partial charge in [-0.25, -0.2) is 4.57 Å². The average Bonchev–Trinajstić information content (AvgIpc) is 2.77. The van der Waals surface area contributed by atoms with E-state index in [4.69, 9.17) is 16.3 Å². The van der Waals surface area contributed by atoms with Gasteiger partial charge in [0.25, 0.3) is 0 Å². The van der Waals surface area contributed by atoms with Gasteiger partial charge >= 0.3 is 0 Å². The van der Waals surface area contributed by atoms with Gasteiger partial charge in [0.05, 0.1) is 12.7 Å². The van der Waals surface area contributed by atoms with Crippen molar-refractivity contribution in [3.63, 3.8) is 0 Å². The first-order valence-corrected chi connectivity index (χ1v) is 10.8. The van der Waals surface area contributed by atoms with E-state index >= 15 is 0 Å². The minimum Gasteiger partial charge on any atom is -1.00 e. The van der Waals surface area contributed by atoms with Crippen LogP contribution >= 0.6 is 11.6 Å². The van der Waals surface area contributed by atoms with Crippen LogP contribution in [0.3, 0.4) is 0 Å². The van der Waals surface area contributed by atoms with Crippen LogP contribution in [-0.4, -0.2) is 18.7 Å². The highest BCUT2D eigenvalue weighted by molar-refractivity contribution is 6.30. The minimum atomic E-state index is -0.119. The number of nitrogens with zero attached hydrogens (tertiary/aromatic N) is 1. The number of hydrogen-bond acceptors (Lipinski definition) is 3. The standard InChI is InChI=1S/C26H25ClNO3.BrH/c1-17(29)25-16-28(15-18-3-7-22(27)8-4-18)12-11-20(25)13-21-6-5-19-14-23(31-2)9-10-24(19)26(21)30;/h3-4,7-12,14,16,21H,5-6,13,15H2,1-2H3;1H/q+1;/p-1. The van der Waals surface area contributed by atoms with E-state index in [1.54, 1.807) is 14.0 Å². The summed E-state index contributed by atoms with van der Waals surface area (Å²) in [4.78, 5) is 25.5. The molecule has 3 aromatic rings. The molecule has 4 rings (SSSR count). The number of aromatic nitrogens is 1. The summed E-state index contributed by atoms with van der Waals surface area (Å²) in [5, 5.41) is 0.700. The van der Waals surface area contributed by atoms with Gasteiger partial charge in [0.15, 0.2) is 30.5 Å². The van der Waals surface area contributed by atoms with Gasteiger partial charge in [-0.05, 0) is 67.6 Å². The molecule has 0 bridgehead atoms. The number of methoxy groups -OCH3 is 1. The van der Waals surface area contributed by atoms with Gasteiger partial charge in [0.1, 0.15) is 5.75 Å². The smallest absolute Gasteiger partial charge is 0.180 e. The van der Waals surface area contributed by atoms with Gasteiger partial charge in [-0.2, -0.15) is 0 Å². The van der Waals surface area contributed by atoms with Crippen LogP contribution in [0.15, 0.2) is 60.9 Å². The molecule has 0 spiro atoms. The number of fused-ring (bicyclic) bond motifs is 1. The zero-order chi connectivity index (χ0) is 22.0. The summed E-state index contributed by atoms with van der Waals surface area (Å²) >= 11 is 5.97. The molecule has 0 N–H and O–H groups in total. The monoisotopic (exact) mass is 513 g/mol. The zero-order valence-electron chi connectivity index (χ0n) is 18.1. The number of carbonyl (C=O) groups is 2. The van der Waals surface area contributed by atoms with Crippen molar-refractivity contribution in [1.29, 1.82) is 0 Å². The molecule has 1 aliphatic rings. The zero-order valence-corrected chi connectivity index (χ0v) is 20.4. The molecule has 6 heteroatoms. The second-order valence-corrected chi connectivity index (χ2v) is 8.50. The molecule has 1 aromatic heterocycles. The summed E-state index contributed by atoms with van der Waals surface area (Å²) in [5.41, 5.74) is 4.52. The molecule has 166 valence electrons. The molecule has 4 nitrogen and oxygen atoms in total. The van der Waals surface area contributed by atoms with Crippen LogP contribution in [0.4, 0.5) is 0 Å². The minimum absolute atomic E-state index is 0. The van der Waals surface area contributed by atoms with Crippen LogP contribution < -0.4 is 26.3 Å². The van der Waals surface area contributed by atoms with E-state index in [0.29, 0.717) is 23.6 Å². The van der Waals surface area contributed by atoms with Crippen LogP contribution in [0, 0.1) is 5.92 Å². The van der Waals surface area contributed by atoms with Gasteiger partial charge in [-0.3, -0.25) is 9.59 Å². The van der Waals surface area contributed by atoms with Crippen LogP contribution in [-0.2, 0) is 19.4 Å². The summed E-state index contributed by atoms with van der Waals surface area (Å²) in [6.45, 7) is 2.23. The number of benzene rings is 2. The Bertz CT molecular complexity index is 1140. The highest BCUT2D eigenvalue weighted by atomic mass is 79.9. The Morgan fingerprint density at radius 3 is 2.59 bits per heavy atom. The number of carbonyl (C=O) groups excluding carboxylic acids is 2. The third kappa shape index (κ3) is 5.28. The van der Waals surface area contributed by atoms with Gasteiger partial charge in [0, 0.05) is 28.1 Å². The maximum atomic E-state index is 13.1. The van der Waals surface area contributed by atoms with Crippen molar-refractivity contribution in [3.05, 3.63) is 93.8 Å². The number of rotatable bonds is 6. The fourth-order valence-electron chi connectivity index (χ4n) is 4.25. The number of ether oxygens (including phenoxy) is 1. The largest absolute Gasteiger partial charge is 1.00 e. The molecule has 0 saturated carbocycles. The fourth-order valence-corrected chi connectivity index (χ4v) is 4.37. The van der Waals surface area contributed by atoms with E-state index in [0.717, 1.165) is 40.8 Å². The van der Waals surface area contributed by atoms with E-state index < -0.39 is 0 Å². The summed E-state index contributed by atoms with van der Waals surface area (Å²) < 4.78 is 7.28. The second kappa shape index (κ2) is 10.4. The number of pyridine rings is 1. The normalized spacial score (nSPS) is 15.0. The predicted octanol–water partition coefficient (Wildman–Crippen LogP) is 1.88. The molecule has 0 aliphatic heterocycles. The third-order valence-corrected chi connectivity index (χ3v) is 6.19. The molecule has 1 atom stereocenters. The van der Waals surface area contributed by atoms with Gasteiger partial charge < -0.3 is 21.7 Å². The summed E-state index contributed by atoms with van der Waals surface area (Å²) in [6.07, 6.45) is 6.04. The lowest BCUT2D eigenvalue weighted by molar-refractivity contribution is -0.688. The number of halogens is 2. The first-order chi connectivity index (χ1) is 14.9. The third-order valence-electron chi connectivity index (χ3n) is 5.94. The molecule has 1 unspecified atom stereocenters. The van der Waals surface area contributed by atoms with E-state index in [2.05, 4.69) is 0 Å². The van der Waals surface area contributed by atoms with Crippen molar-refractivity contribution < 1.29 is 35.9 Å². The van der Waals surface area contributed by atoms with E-state index in [9.17, 15) is 9.59 Å². The van der Waals surface area contributed by atoms with Crippen molar-refractivity contribution in [2.24, 2.45) is 5.92 Å². The lowest BCUT2D eigenvalue weighted by atomic mass is 9.79. The topological polar surface area (TPSA) is 47.2 Å². The molecule has 0 fully saturated rings. The maximum Gasteiger partial charge on any atom is 0.180 e. The first-order valence-electron chi connectivity index (χ1n) is 10.4. The highest BCUT2D eigenvalue weighted by Crippen LogP contribution is 2.31. The Balaban J connectivity index is 0.00000289. The van der Waals surface area contributed by atoms with Crippen molar-refractivity contribution in [2.45, 2.75) is 32.7 Å². The Kier molecular flexibility index (Phi) is 7.86. The van der Waals surface area contributed by atoms with Crippen LogP contribution in [0.2, 0.25) is 5.02 Å². The Morgan fingerprint density at radius 2 is 1.91 bits per heavy atom. The van der Waals surface area contributed by atoms with Gasteiger partial charge in [-0.15, -0.1) is 0 Å². The number of aryl methyl sites for hydroxylation is 1.